The molecule has 0 aromatic heterocycles. The molecule has 1 aliphatic heterocycles. The average molecular weight is 304 g/mol. The van der Waals surface area contributed by atoms with Crippen LogP contribution in [0.15, 0.2) is 54.6 Å². The maximum absolute atomic E-state index is 5.90. The Hall–Kier alpha value is -1.51. The first-order valence-electron chi connectivity index (χ1n) is 7.42. The zero-order chi connectivity index (χ0) is 13.6. The highest BCUT2D eigenvalue weighted by Crippen LogP contribution is 2.26. The molecule has 1 aliphatic rings. The van der Waals surface area contributed by atoms with Gasteiger partial charge >= 0.3 is 0 Å². The highest BCUT2D eigenvalue weighted by Gasteiger charge is 2.14. The number of benzene rings is 2. The van der Waals surface area contributed by atoms with Crippen LogP contribution < -0.4 is 10.1 Å². The van der Waals surface area contributed by atoms with Gasteiger partial charge in [0.2, 0.25) is 0 Å². The first-order valence-corrected chi connectivity index (χ1v) is 7.42. The molecule has 3 heteroatoms. The molecular formula is C18H22ClNO. The van der Waals surface area contributed by atoms with E-state index in [1.54, 1.807) is 0 Å². The number of rotatable bonds is 4. The molecule has 2 aromatic carbocycles. The van der Waals surface area contributed by atoms with Crippen molar-refractivity contribution < 1.29 is 4.74 Å². The van der Waals surface area contributed by atoms with Crippen LogP contribution in [0.4, 0.5) is 0 Å². The summed E-state index contributed by atoms with van der Waals surface area (Å²) in [6.07, 6.45) is 3.83. The van der Waals surface area contributed by atoms with Crippen LogP contribution in [0.25, 0.3) is 0 Å². The van der Waals surface area contributed by atoms with E-state index in [1.165, 1.54) is 30.4 Å². The van der Waals surface area contributed by atoms with Crippen molar-refractivity contribution in [1.82, 2.24) is 5.32 Å². The third-order valence-electron chi connectivity index (χ3n) is 3.82. The third kappa shape index (κ3) is 4.48. The van der Waals surface area contributed by atoms with Gasteiger partial charge in [-0.3, -0.25) is 0 Å². The lowest BCUT2D eigenvalue weighted by molar-refractivity contribution is 0.305. The Kier molecular flexibility index (Phi) is 6.09. The van der Waals surface area contributed by atoms with Crippen molar-refractivity contribution in [2.24, 2.45) is 0 Å². The van der Waals surface area contributed by atoms with E-state index in [9.17, 15) is 0 Å². The summed E-state index contributed by atoms with van der Waals surface area (Å²) >= 11 is 0. The molecule has 0 bridgehead atoms. The molecule has 0 aliphatic carbocycles. The Morgan fingerprint density at radius 3 is 2.62 bits per heavy atom. The zero-order valence-corrected chi connectivity index (χ0v) is 12.9. The lowest BCUT2D eigenvalue weighted by atomic mass is 9.97. The number of halogens is 1. The average Bonchev–Trinajstić information content (AvgIpc) is 2.55. The minimum absolute atomic E-state index is 0. The molecule has 3 rings (SSSR count). The summed E-state index contributed by atoms with van der Waals surface area (Å²) in [6.45, 7) is 1.75. The molecule has 0 unspecified atom stereocenters. The van der Waals surface area contributed by atoms with Crippen molar-refractivity contribution in [3.8, 4) is 5.75 Å². The molecule has 0 radical (unpaired) electrons. The number of hydrogen-bond acceptors (Lipinski definition) is 2. The summed E-state index contributed by atoms with van der Waals surface area (Å²) in [5.74, 6) is 0.957. The number of nitrogens with one attached hydrogen (secondary N) is 1. The molecule has 1 fully saturated rings. The predicted octanol–water partition coefficient (Wildman–Crippen LogP) is 4.50. The smallest absolute Gasteiger partial charge is 0.120 e. The monoisotopic (exact) mass is 303 g/mol. The van der Waals surface area contributed by atoms with E-state index < -0.39 is 0 Å². The van der Waals surface area contributed by atoms with Crippen LogP contribution in [0.3, 0.4) is 0 Å². The summed E-state index contributed by atoms with van der Waals surface area (Å²) in [5, 5.41) is 3.58. The topological polar surface area (TPSA) is 21.3 Å². The summed E-state index contributed by atoms with van der Waals surface area (Å²) in [6, 6.07) is 19.3. The molecule has 0 amide bonds. The fourth-order valence-electron chi connectivity index (χ4n) is 2.70. The van der Waals surface area contributed by atoms with Gasteiger partial charge in [0.15, 0.2) is 0 Å². The van der Waals surface area contributed by atoms with Gasteiger partial charge in [-0.2, -0.15) is 0 Å². The van der Waals surface area contributed by atoms with E-state index in [0.717, 1.165) is 12.3 Å². The van der Waals surface area contributed by atoms with Gasteiger partial charge in [-0.05, 0) is 42.6 Å². The van der Waals surface area contributed by atoms with Crippen LogP contribution in [-0.2, 0) is 6.61 Å². The minimum Gasteiger partial charge on any atom is -0.489 e. The van der Waals surface area contributed by atoms with Gasteiger partial charge in [0.05, 0.1) is 0 Å². The summed E-state index contributed by atoms with van der Waals surface area (Å²) in [7, 11) is 0. The van der Waals surface area contributed by atoms with Crippen molar-refractivity contribution in [2.75, 3.05) is 6.54 Å². The number of piperidine rings is 1. The van der Waals surface area contributed by atoms with E-state index in [4.69, 9.17) is 4.74 Å². The molecule has 2 aromatic rings. The minimum atomic E-state index is 0. The van der Waals surface area contributed by atoms with Crippen LogP contribution in [0.5, 0.6) is 5.75 Å². The van der Waals surface area contributed by atoms with Gasteiger partial charge in [0.25, 0.3) is 0 Å². The van der Waals surface area contributed by atoms with Crippen LogP contribution in [-0.4, -0.2) is 6.54 Å². The second-order valence-electron chi connectivity index (χ2n) is 5.35. The van der Waals surface area contributed by atoms with Gasteiger partial charge in [-0.1, -0.05) is 48.9 Å². The van der Waals surface area contributed by atoms with Crippen molar-refractivity contribution in [3.63, 3.8) is 0 Å². The maximum atomic E-state index is 5.90. The lowest BCUT2D eigenvalue weighted by Gasteiger charge is -2.24. The van der Waals surface area contributed by atoms with Crippen LogP contribution in [0.1, 0.15) is 36.4 Å². The number of ether oxygens (including phenoxy) is 1. The largest absolute Gasteiger partial charge is 0.489 e. The van der Waals surface area contributed by atoms with Crippen LogP contribution >= 0.6 is 12.4 Å². The first kappa shape index (κ1) is 15.9. The van der Waals surface area contributed by atoms with E-state index in [2.05, 4.69) is 35.6 Å². The van der Waals surface area contributed by atoms with E-state index in [0.29, 0.717) is 12.6 Å². The van der Waals surface area contributed by atoms with E-state index in [-0.39, 0.29) is 12.4 Å². The van der Waals surface area contributed by atoms with Gasteiger partial charge in [0.1, 0.15) is 12.4 Å². The SMILES string of the molecule is Cl.c1ccc(COc2cccc([C@H]3CCCCN3)c2)cc1. The lowest BCUT2D eigenvalue weighted by Crippen LogP contribution is -2.26. The molecular weight excluding hydrogens is 282 g/mol. The van der Waals surface area contributed by atoms with Crippen LogP contribution in [0, 0.1) is 0 Å². The molecule has 2 nitrogen and oxygen atoms in total. The maximum Gasteiger partial charge on any atom is 0.120 e. The number of hydrogen-bond donors (Lipinski definition) is 1. The first-order chi connectivity index (χ1) is 9.92. The van der Waals surface area contributed by atoms with Crippen LogP contribution in [0.2, 0.25) is 0 Å². The fourth-order valence-corrected chi connectivity index (χ4v) is 2.70. The Morgan fingerprint density at radius 2 is 1.86 bits per heavy atom. The standard InChI is InChI=1S/C18H21NO.ClH/c1-2-7-15(8-3-1)14-20-17-10-6-9-16(13-17)18-11-4-5-12-19-18;/h1-3,6-10,13,18-19H,4-5,11-12,14H2;1H/t18-;/m1./s1. The molecule has 21 heavy (non-hydrogen) atoms. The Balaban J connectivity index is 0.00000161. The van der Waals surface area contributed by atoms with Gasteiger partial charge in [-0.25, -0.2) is 0 Å². The van der Waals surface area contributed by atoms with Gasteiger partial charge in [0, 0.05) is 6.04 Å². The van der Waals surface area contributed by atoms with Gasteiger partial charge in [-0.15, -0.1) is 12.4 Å². The second kappa shape index (κ2) is 8.06. The molecule has 1 heterocycles. The molecule has 1 saturated heterocycles. The summed E-state index contributed by atoms with van der Waals surface area (Å²) < 4.78 is 5.90. The Morgan fingerprint density at radius 1 is 1.00 bits per heavy atom. The zero-order valence-electron chi connectivity index (χ0n) is 12.1. The van der Waals surface area contributed by atoms with Crippen molar-refractivity contribution >= 4 is 12.4 Å². The second-order valence-corrected chi connectivity index (χ2v) is 5.35. The van der Waals surface area contributed by atoms with Gasteiger partial charge < -0.3 is 10.1 Å². The summed E-state index contributed by atoms with van der Waals surface area (Å²) in [5.41, 5.74) is 2.55. The molecule has 0 saturated carbocycles. The Labute approximate surface area is 132 Å². The van der Waals surface area contributed by atoms with Crippen molar-refractivity contribution in [3.05, 3.63) is 65.7 Å². The molecule has 1 atom stereocenters. The third-order valence-corrected chi connectivity index (χ3v) is 3.82. The molecule has 112 valence electrons. The fraction of sp³-hybridized carbons (Fsp3) is 0.333. The molecule has 0 spiro atoms. The molecule has 1 N–H and O–H groups in total. The van der Waals surface area contributed by atoms with Crippen molar-refractivity contribution in [2.45, 2.75) is 31.9 Å². The van der Waals surface area contributed by atoms with E-state index >= 15 is 0 Å². The highest BCUT2D eigenvalue weighted by atomic mass is 35.5. The highest BCUT2D eigenvalue weighted by molar-refractivity contribution is 5.85. The van der Waals surface area contributed by atoms with E-state index in [1.807, 2.05) is 24.3 Å². The summed E-state index contributed by atoms with van der Waals surface area (Å²) in [4.78, 5) is 0. The quantitative estimate of drug-likeness (QED) is 0.898. The van der Waals surface area contributed by atoms with Crippen molar-refractivity contribution in [1.29, 1.82) is 0 Å². The predicted molar refractivity (Wildman–Crippen MR) is 89.1 cm³/mol. The Bertz CT molecular complexity index is 538. The normalized spacial score (nSPS) is 17.8.